The fourth-order valence-corrected chi connectivity index (χ4v) is 4.93. The molecule has 0 atom stereocenters. The minimum atomic E-state index is -0.129. The van der Waals surface area contributed by atoms with Gasteiger partial charge in [-0.05, 0) is 42.7 Å². The molecule has 150 valence electrons. The summed E-state index contributed by atoms with van der Waals surface area (Å²) in [5, 5.41) is 18.0. The highest BCUT2D eigenvalue weighted by Gasteiger charge is 2.32. The van der Waals surface area contributed by atoms with Gasteiger partial charge in [0.15, 0.2) is 0 Å². The van der Waals surface area contributed by atoms with E-state index in [0.29, 0.717) is 17.1 Å². The molecule has 29 heavy (non-hydrogen) atoms. The lowest BCUT2D eigenvalue weighted by Crippen LogP contribution is -2.45. The Labute approximate surface area is 174 Å². The summed E-state index contributed by atoms with van der Waals surface area (Å²) in [6.07, 6.45) is 4.41. The monoisotopic (exact) mass is 409 g/mol. The van der Waals surface area contributed by atoms with Gasteiger partial charge in [-0.15, -0.1) is 0 Å². The Hall–Kier alpha value is -2.34. The molecule has 3 aromatic rings. The molecule has 0 radical (unpaired) electrons. The summed E-state index contributed by atoms with van der Waals surface area (Å²) >= 11 is 6.28. The second-order valence-electron chi connectivity index (χ2n) is 8.23. The standard InChI is InChI=1S/C23H24ClN3O2/c24-18-5-4-16(21-17(18)12-25-22(21)29)20-10-15-9-14(3-6-19(15)27-20)11-26-23(13-28)7-1-2-8-23/h3-6,9-10,26-28H,1-2,7-8,11-13H2,(H,25,29). The van der Waals surface area contributed by atoms with Crippen molar-refractivity contribution in [2.45, 2.75) is 44.3 Å². The topological polar surface area (TPSA) is 77.2 Å². The minimum absolute atomic E-state index is 0.0769. The number of hydrogen-bond acceptors (Lipinski definition) is 3. The maximum Gasteiger partial charge on any atom is 0.252 e. The number of aromatic amines is 1. The van der Waals surface area contributed by atoms with E-state index in [0.717, 1.165) is 47.1 Å². The van der Waals surface area contributed by atoms with Crippen molar-refractivity contribution in [3.63, 3.8) is 0 Å². The predicted octanol–water partition coefficient (Wildman–Crippen LogP) is 4.13. The van der Waals surface area contributed by atoms with E-state index in [-0.39, 0.29) is 18.1 Å². The van der Waals surface area contributed by atoms with E-state index in [4.69, 9.17) is 11.6 Å². The molecule has 1 saturated carbocycles. The van der Waals surface area contributed by atoms with E-state index in [1.807, 2.05) is 12.1 Å². The molecule has 0 saturated heterocycles. The highest BCUT2D eigenvalue weighted by molar-refractivity contribution is 6.32. The lowest BCUT2D eigenvalue weighted by atomic mass is 9.98. The third kappa shape index (κ3) is 3.23. The number of carbonyl (C=O) groups is 1. The number of aromatic nitrogens is 1. The van der Waals surface area contributed by atoms with Crippen LogP contribution in [0, 0.1) is 0 Å². The average Bonchev–Trinajstić information content (AvgIpc) is 3.46. The Bertz CT molecular complexity index is 1100. The molecule has 1 fully saturated rings. The molecule has 2 aromatic carbocycles. The summed E-state index contributed by atoms with van der Waals surface area (Å²) < 4.78 is 0. The molecular formula is C23H24ClN3O2. The van der Waals surface area contributed by atoms with Crippen LogP contribution in [0.4, 0.5) is 0 Å². The molecule has 1 amide bonds. The zero-order valence-electron chi connectivity index (χ0n) is 16.1. The van der Waals surface area contributed by atoms with Gasteiger partial charge in [-0.3, -0.25) is 4.79 Å². The Kier molecular flexibility index (Phi) is 4.62. The van der Waals surface area contributed by atoms with Gasteiger partial charge in [-0.1, -0.05) is 36.6 Å². The number of H-pyrrole nitrogens is 1. The molecule has 5 rings (SSSR count). The van der Waals surface area contributed by atoms with Crippen LogP contribution in [0.2, 0.25) is 5.02 Å². The van der Waals surface area contributed by atoms with Crippen molar-refractivity contribution in [3.05, 3.63) is 58.1 Å². The van der Waals surface area contributed by atoms with Crippen LogP contribution in [-0.2, 0) is 13.1 Å². The second-order valence-corrected chi connectivity index (χ2v) is 8.64. The van der Waals surface area contributed by atoms with Gasteiger partial charge >= 0.3 is 0 Å². The quantitative estimate of drug-likeness (QED) is 0.511. The lowest BCUT2D eigenvalue weighted by molar-refractivity contribution is 0.0966. The number of rotatable bonds is 5. The number of aliphatic hydroxyl groups excluding tert-OH is 1. The fraction of sp³-hybridized carbons (Fsp3) is 0.348. The van der Waals surface area contributed by atoms with Gasteiger partial charge < -0.3 is 20.7 Å². The Balaban J connectivity index is 1.45. The van der Waals surface area contributed by atoms with Crippen LogP contribution in [0.1, 0.15) is 47.2 Å². The SMILES string of the molecule is O=C1NCc2c(Cl)ccc(-c3cc4cc(CNC5(CO)CCCC5)ccc4[nH]3)c21. The number of benzene rings is 2. The molecule has 0 unspecified atom stereocenters. The highest BCUT2D eigenvalue weighted by Crippen LogP contribution is 2.35. The average molecular weight is 410 g/mol. The van der Waals surface area contributed by atoms with Crippen molar-refractivity contribution in [3.8, 4) is 11.3 Å². The van der Waals surface area contributed by atoms with E-state index in [2.05, 4.69) is 39.9 Å². The van der Waals surface area contributed by atoms with Gasteiger partial charge in [0.1, 0.15) is 0 Å². The molecule has 6 heteroatoms. The van der Waals surface area contributed by atoms with Crippen LogP contribution < -0.4 is 10.6 Å². The van der Waals surface area contributed by atoms with Crippen molar-refractivity contribution in [1.29, 1.82) is 0 Å². The van der Waals surface area contributed by atoms with Gasteiger partial charge in [0, 0.05) is 51.4 Å². The molecule has 0 bridgehead atoms. The highest BCUT2D eigenvalue weighted by atomic mass is 35.5. The molecule has 1 aliphatic heterocycles. The summed E-state index contributed by atoms with van der Waals surface area (Å²) in [6, 6.07) is 12.2. The van der Waals surface area contributed by atoms with Crippen LogP contribution in [0.3, 0.4) is 0 Å². The number of fused-ring (bicyclic) bond motifs is 2. The minimum Gasteiger partial charge on any atom is -0.394 e. The van der Waals surface area contributed by atoms with Crippen LogP contribution in [-0.4, -0.2) is 28.1 Å². The van der Waals surface area contributed by atoms with Gasteiger partial charge in [-0.2, -0.15) is 0 Å². The Morgan fingerprint density at radius 2 is 1.97 bits per heavy atom. The predicted molar refractivity (Wildman–Crippen MR) is 115 cm³/mol. The van der Waals surface area contributed by atoms with Crippen molar-refractivity contribution in [1.82, 2.24) is 15.6 Å². The van der Waals surface area contributed by atoms with Crippen LogP contribution >= 0.6 is 11.6 Å². The Morgan fingerprint density at radius 1 is 1.14 bits per heavy atom. The first-order chi connectivity index (χ1) is 14.1. The second kappa shape index (κ2) is 7.17. The van der Waals surface area contributed by atoms with Gasteiger partial charge in [-0.25, -0.2) is 0 Å². The van der Waals surface area contributed by atoms with Gasteiger partial charge in [0.05, 0.1) is 12.2 Å². The van der Waals surface area contributed by atoms with Crippen LogP contribution in [0.15, 0.2) is 36.4 Å². The molecule has 1 aliphatic carbocycles. The van der Waals surface area contributed by atoms with E-state index in [1.54, 1.807) is 0 Å². The third-order valence-electron chi connectivity index (χ3n) is 6.41. The van der Waals surface area contributed by atoms with E-state index in [1.165, 1.54) is 18.4 Å². The van der Waals surface area contributed by atoms with Crippen molar-refractivity contribution in [2.75, 3.05) is 6.61 Å². The van der Waals surface area contributed by atoms with Crippen molar-refractivity contribution >= 4 is 28.4 Å². The third-order valence-corrected chi connectivity index (χ3v) is 6.77. The molecule has 0 spiro atoms. The maximum absolute atomic E-state index is 12.3. The van der Waals surface area contributed by atoms with Crippen LogP contribution in [0.25, 0.3) is 22.2 Å². The summed E-state index contributed by atoms with van der Waals surface area (Å²) in [7, 11) is 0. The first-order valence-electron chi connectivity index (χ1n) is 10.2. The van der Waals surface area contributed by atoms with Crippen LogP contribution in [0.5, 0.6) is 0 Å². The van der Waals surface area contributed by atoms with E-state index in [9.17, 15) is 9.90 Å². The molecule has 2 heterocycles. The largest absolute Gasteiger partial charge is 0.394 e. The number of carbonyl (C=O) groups excluding carboxylic acids is 1. The molecular weight excluding hydrogens is 386 g/mol. The zero-order valence-corrected chi connectivity index (χ0v) is 16.9. The van der Waals surface area contributed by atoms with E-state index >= 15 is 0 Å². The lowest BCUT2D eigenvalue weighted by Gasteiger charge is -2.28. The molecule has 5 nitrogen and oxygen atoms in total. The Morgan fingerprint density at radius 3 is 2.76 bits per heavy atom. The molecule has 4 N–H and O–H groups in total. The number of nitrogens with one attached hydrogen (secondary N) is 3. The normalized spacial score (nSPS) is 17.7. The number of hydrogen-bond donors (Lipinski definition) is 4. The molecule has 2 aliphatic rings. The van der Waals surface area contributed by atoms with Gasteiger partial charge in [0.25, 0.3) is 5.91 Å². The number of amides is 1. The van der Waals surface area contributed by atoms with Gasteiger partial charge in [0.2, 0.25) is 0 Å². The summed E-state index contributed by atoms with van der Waals surface area (Å²) in [5.74, 6) is -0.0769. The van der Waals surface area contributed by atoms with E-state index < -0.39 is 0 Å². The summed E-state index contributed by atoms with van der Waals surface area (Å²) in [5.41, 5.74) is 5.40. The zero-order chi connectivity index (χ0) is 20.0. The summed E-state index contributed by atoms with van der Waals surface area (Å²) in [4.78, 5) is 15.8. The maximum atomic E-state index is 12.3. The van der Waals surface area contributed by atoms with Crippen molar-refractivity contribution < 1.29 is 9.90 Å². The first kappa shape index (κ1) is 18.7. The molecule has 1 aromatic heterocycles. The smallest absolute Gasteiger partial charge is 0.252 e. The number of halogens is 1. The fourth-order valence-electron chi connectivity index (χ4n) is 4.71. The first-order valence-corrected chi connectivity index (χ1v) is 10.5. The van der Waals surface area contributed by atoms with Crippen molar-refractivity contribution in [2.24, 2.45) is 0 Å². The summed E-state index contributed by atoms with van der Waals surface area (Å²) in [6.45, 7) is 1.40. The number of aliphatic hydroxyl groups is 1.